The fraction of sp³-hybridized carbons (Fsp3) is 1.00. The Morgan fingerprint density at radius 3 is 2.38 bits per heavy atom. The van der Waals surface area contributed by atoms with E-state index in [1.54, 1.807) is 0 Å². The summed E-state index contributed by atoms with van der Waals surface area (Å²) in [6, 6.07) is 1.69. The number of nitrogens with zero attached hydrogens (tertiary/aromatic N) is 1. The minimum Gasteiger partial charge on any atom is -0.314 e. The van der Waals surface area contributed by atoms with Crippen molar-refractivity contribution in [1.82, 2.24) is 10.2 Å². The maximum absolute atomic E-state index is 3.35. The molecule has 13 heavy (non-hydrogen) atoms. The molecule has 1 aliphatic carbocycles. The molecule has 1 saturated heterocycles. The topological polar surface area (TPSA) is 15.3 Å². The number of hydrogen-bond donors (Lipinski definition) is 1. The lowest BCUT2D eigenvalue weighted by atomic mass is 9.84. The molecule has 2 rings (SSSR count). The highest BCUT2D eigenvalue weighted by Crippen LogP contribution is 2.28. The normalized spacial score (nSPS) is 36.2. The van der Waals surface area contributed by atoms with E-state index in [-0.39, 0.29) is 0 Å². The molecule has 0 bridgehead atoms. The molecule has 0 aromatic heterocycles. The molecular weight excluding hydrogens is 160 g/mol. The monoisotopic (exact) mass is 182 g/mol. The van der Waals surface area contributed by atoms with Gasteiger partial charge >= 0.3 is 0 Å². The third-order valence-corrected chi connectivity index (χ3v) is 3.93. The van der Waals surface area contributed by atoms with Crippen molar-refractivity contribution >= 4 is 0 Å². The van der Waals surface area contributed by atoms with Gasteiger partial charge in [-0.05, 0) is 25.8 Å². The van der Waals surface area contributed by atoms with Crippen LogP contribution in [0, 0.1) is 5.92 Å². The lowest BCUT2D eigenvalue weighted by molar-refractivity contribution is 0.0707. The van der Waals surface area contributed by atoms with Crippen LogP contribution in [0.1, 0.15) is 32.6 Å². The molecule has 76 valence electrons. The standard InChI is InChI=1S/C11H22N2/c1-9-5-3-4-6-11(9)13(2)10-7-12-8-10/h9-12H,3-8H2,1-2H3. The number of nitrogens with one attached hydrogen (secondary N) is 1. The third-order valence-electron chi connectivity index (χ3n) is 3.93. The van der Waals surface area contributed by atoms with Crippen LogP contribution in [0.4, 0.5) is 0 Å². The van der Waals surface area contributed by atoms with E-state index < -0.39 is 0 Å². The van der Waals surface area contributed by atoms with E-state index in [1.807, 2.05) is 0 Å². The van der Waals surface area contributed by atoms with Gasteiger partial charge in [-0.25, -0.2) is 0 Å². The van der Waals surface area contributed by atoms with Gasteiger partial charge in [0.05, 0.1) is 0 Å². The van der Waals surface area contributed by atoms with Crippen LogP contribution < -0.4 is 5.32 Å². The lowest BCUT2D eigenvalue weighted by Gasteiger charge is -2.44. The molecule has 0 amide bonds. The van der Waals surface area contributed by atoms with Crippen LogP contribution in [0.3, 0.4) is 0 Å². The molecule has 2 atom stereocenters. The Morgan fingerprint density at radius 2 is 1.85 bits per heavy atom. The highest BCUT2D eigenvalue weighted by atomic mass is 15.2. The molecule has 2 nitrogen and oxygen atoms in total. The molecule has 1 N–H and O–H groups in total. The quantitative estimate of drug-likeness (QED) is 0.695. The van der Waals surface area contributed by atoms with Crippen molar-refractivity contribution in [2.45, 2.75) is 44.7 Å². The van der Waals surface area contributed by atoms with E-state index in [0.717, 1.165) is 18.0 Å². The van der Waals surface area contributed by atoms with Crippen molar-refractivity contribution in [2.24, 2.45) is 5.92 Å². The highest BCUT2D eigenvalue weighted by Gasteiger charge is 2.31. The van der Waals surface area contributed by atoms with Crippen molar-refractivity contribution in [3.8, 4) is 0 Å². The van der Waals surface area contributed by atoms with Crippen molar-refractivity contribution < 1.29 is 0 Å². The van der Waals surface area contributed by atoms with E-state index in [2.05, 4.69) is 24.2 Å². The fourth-order valence-electron chi connectivity index (χ4n) is 2.73. The third kappa shape index (κ3) is 1.89. The van der Waals surface area contributed by atoms with Gasteiger partial charge in [0.2, 0.25) is 0 Å². The molecule has 0 aromatic rings. The van der Waals surface area contributed by atoms with Crippen molar-refractivity contribution in [2.75, 3.05) is 20.1 Å². The summed E-state index contributed by atoms with van der Waals surface area (Å²) in [4.78, 5) is 2.63. The van der Waals surface area contributed by atoms with Gasteiger partial charge in [0.25, 0.3) is 0 Å². The van der Waals surface area contributed by atoms with Crippen LogP contribution in [0.25, 0.3) is 0 Å². The van der Waals surface area contributed by atoms with Gasteiger partial charge in [-0.2, -0.15) is 0 Å². The van der Waals surface area contributed by atoms with Crippen molar-refractivity contribution in [3.63, 3.8) is 0 Å². The molecule has 2 aliphatic rings. The molecule has 0 spiro atoms. The minimum absolute atomic E-state index is 0.825. The summed E-state index contributed by atoms with van der Waals surface area (Å²) in [5.41, 5.74) is 0. The van der Waals surface area contributed by atoms with Crippen LogP contribution in [0.15, 0.2) is 0 Å². The molecule has 0 radical (unpaired) electrons. The van der Waals surface area contributed by atoms with Crippen LogP contribution >= 0.6 is 0 Å². The first-order chi connectivity index (χ1) is 6.29. The van der Waals surface area contributed by atoms with Crippen LogP contribution in [0.5, 0.6) is 0 Å². The summed E-state index contributed by atoms with van der Waals surface area (Å²) in [7, 11) is 2.32. The first kappa shape index (κ1) is 9.47. The summed E-state index contributed by atoms with van der Waals surface area (Å²) in [5.74, 6) is 0.916. The lowest BCUT2D eigenvalue weighted by Crippen LogP contribution is -2.59. The number of likely N-dealkylation sites (N-methyl/N-ethyl adjacent to an activating group) is 1. The van der Waals surface area contributed by atoms with Gasteiger partial charge in [0, 0.05) is 25.2 Å². The first-order valence-corrected chi connectivity index (χ1v) is 5.71. The van der Waals surface area contributed by atoms with Gasteiger partial charge in [0.15, 0.2) is 0 Å². The Morgan fingerprint density at radius 1 is 1.15 bits per heavy atom. The summed E-state index contributed by atoms with van der Waals surface area (Å²) >= 11 is 0. The molecule has 2 heteroatoms. The van der Waals surface area contributed by atoms with Crippen LogP contribution in [-0.4, -0.2) is 37.1 Å². The Labute approximate surface area is 81.7 Å². The molecule has 2 fully saturated rings. The van der Waals surface area contributed by atoms with Gasteiger partial charge in [-0.1, -0.05) is 19.8 Å². The fourth-order valence-corrected chi connectivity index (χ4v) is 2.73. The minimum atomic E-state index is 0.825. The zero-order chi connectivity index (χ0) is 9.26. The van der Waals surface area contributed by atoms with E-state index in [4.69, 9.17) is 0 Å². The van der Waals surface area contributed by atoms with E-state index in [1.165, 1.54) is 38.8 Å². The van der Waals surface area contributed by atoms with E-state index >= 15 is 0 Å². The molecule has 1 saturated carbocycles. The average Bonchev–Trinajstić information content (AvgIpc) is 2.01. The van der Waals surface area contributed by atoms with Crippen LogP contribution in [-0.2, 0) is 0 Å². The average molecular weight is 182 g/mol. The SMILES string of the molecule is CC1CCCCC1N(C)C1CNC1. The Bertz CT molecular complexity index is 165. The Hall–Kier alpha value is -0.0800. The maximum atomic E-state index is 3.35. The second-order valence-electron chi connectivity index (χ2n) is 4.81. The maximum Gasteiger partial charge on any atom is 0.0345 e. The van der Waals surface area contributed by atoms with Crippen LogP contribution in [0.2, 0.25) is 0 Å². The number of hydrogen-bond acceptors (Lipinski definition) is 2. The molecule has 0 aromatic carbocycles. The molecule has 1 aliphatic heterocycles. The van der Waals surface area contributed by atoms with Gasteiger partial charge in [0.1, 0.15) is 0 Å². The summed E-state index contributed by atoms with van der Waals surface area (Å²) < 4.78 is 0. The molecular formula is C11H22N2. The zero-order valence-electron chi connectivity index (χ0n) is 8.92. The Balaban J connectivity index is 1.88. The van der Waals surface area contributed by atoms with Crippen molar-refractivity contribution in [1.29, 1.82) is 0 Å². The number of rotatable bonds is 2. The predicted octanol–water partition coefficient (Wildman–Crippen LogP) is 1.47. The first-order valence-electron chi connectivity index (χ1n) is 5.71. The summed E-state index contributed by atoms with van der Waals surface area (Å²) in [5, 5.41) is 3.35. The highest BCUT2D eigenvalue weighted by molar-refractivity contribution is 4.89. The largest absolute Gasteiger partial charge is 0.314 e. The van der Waals surface area contributed by atoms with Crippen molar-refractivity contribution in [3.05, 3.63) is 0 Å². The predicted molar refractivity (Wildman–Crippen MR) is 55.8 cm³/mol. The van der Waals surface area contributed by atoms with Gasteiger partial charge < -0.3 is 5.32 Å². The van der Waals surface area contributed by atoms with Gasteiger partial charge in [-0.15, -0.1) is 0 Å². The molecule has 2 unspecified atom stereocenters. The molecule has 1 heterocycles. The Kier molecular flexibility index (Phi) is 2.89. The second kappa shape index (κ2) is 3.97. The second-order valence-corrected chi connectivity index (χ2v) is 4.81. The van der Waals surface area contributed by atoms with Gasteiger partial charge in [-0.3, -0.25) is 4.90 Å². The van der Waals surface area contributed by atoms with E-state index in [9.17, 15) is 0 Å². The van der Waals surface area contributed by atoms with E-state index in [0.29, 0.717) is 0 Å². The summed E-state index contributed by atoms with van der Waals surface area (Å²) in [6.45, 7) is 4.84. The summed E-state index contributed by atoms with van der Waals surface area (Å²) in [6.07, 6.45) is 5.76. The zero-order valence-corrected chi connectivity index (χ0v) is 8.92. The smallest absolute Gasteiger partial charge is 0.0345 e.